The zero-order valence-electron chi connectivity index (χ0n) is 13.6. The molecule has 22 heavy (non-hydrogen) atoms. The van der Waals surface area contributed by atoms with E-state index in [-0.39, 0.29) is 12.4 Å². The number of piperidine rings is 1. The van der Waals surface area contributed by atoms with Gasteiger partial charge in [0.2, 0.25) is 0 Å². The quantitative estimate of drug-likeness (QED) is 0.918. The average molecular weight is 323 g/mol. The highest BCUT2D eigenvalue weighted by Gasteiger charge is 2.20. The van der Waals surface area contributed by atoms with Crippen LogP contribution in [0.25, 0.3) is 11.0 Å². The third-order valence-electron chi connectivity index (χ3n) is 4.46. The fraction of sp³-hybridized carbons (Fsp3) is 0.588. The first-order chi connectivity index (χ1) is 10.3. The monoisotopic (exact) mass is 322 g/mol. The second kappa shape index (κ2) is 7.95. The number of fused-ring (bicyclic) bond motifs is 1. The lowest BCUT2D eigenvalue weighted by Crippen LogP contribution is -2.44. The normalized spacial score (nSPS) is 19.3. The Balaban J connectivity index is 0.00000176. The summed E-state index contributed by atoms with van der Waals surface area (Å²) < 4.78 is 2.40. The average Bonchev–Trinajstić information content (AvgIpc) is 2.86. The van der Waals surface area contributed by atoms with Crippen molar-refractivity contribution >= 4 is 23.4 Å². The number of likely N-dealkylation sites (N-methyl/N-ethyl adjacent to an activating group) is 1. The SMILES string of the molecule is CCCn1c(CN2CCCC(NC)C2)nc2ccccc21.Cl. The molecule has 3 rings (SSSR count). The fourth-order valence-corrected chi connectivity index (χ4v) is 3.35. The van der Waals surface area contributed by atoms with E-state index in [1.165, 1.54) is 30.7 Å². The predicted octanol–water partition coefficient (Wildman–Crippen LogP) is 3.05. The van der Waals surface area contributed by atoms with E-state index >= 15 is 0 Å². The number of halogens is 1. The Labute approximate surface area is 139 Å². The van der Waals surface area contributed by atoms with Crippen molar-refractivity contribution in [3.8, 4) is 0 Å². The number of benzene rings is 1. The minimum absolute atomic E-state index is 0. The standard InChI is InChI=1S/C17H26N4.ClH/c1-3-10-21-16-9-5-4-8-15(16)19-17(21)13-20-11-6-7-14(12-20)18-2;/h4-5,8-9,14,18H,3,6-7,10-13H2,1-2H3;1H. The first kappa shape index (κ1) is 17.3. The number of para-hydroxylation sites is 2. The molecule has 1 aromatic carbocycles. The highest BCUT2D eigenvalue weighted by atomic mass is 35.5. The van der Waals surface area contributed by atoms with Crippen LogP contribution in [0, 0.1) is 0 Å². The van der Waals surface area contributed by atoms with Crippen LogP contribution >= 0.6 is 12.4 Å². The topological polar surface area (TPSA) is 33.1 Å². The van der Waals surface area contributed by atoms with Crippen molar-refractivity contribution in [2.75, 3.05) is 20.1 Å². The lowest BCUT2D eigenvalue weighted by atomic mass is 10.1. The molecule has 1 atom stereocenters. The van der Waals surface area contributed by atoms with E-state index in [4.69, 9.17) is 4.98 Å². The molecular formula is C17H27ClN4. The summed E-state index contributed by atoms with van der Waals surface area (Å²) in [5, 5.41) is 3.42. The van der Waals surface area contributed by atoms with E-state index in [0.717, 1.165) is 31.6 Å². The molecule has 1 aromatic heterocycles. The summed E-state index contributed by atoms with van der Waals surface area (Å²) >= 11 is 0. The summed E-state index contributed by atoms with van der Waals surface area (Å²) in [5.41, 5.74) is 2.40. The third-order valence-corrected chi connectivity index (χ3v) is 4.46. The minimum atomic E-state index is 0. The highest BCUT2D eigenvalue weighted by molar-refractivity contribution is 5.85. The van der Waals surface area contributed by atoms with Gasteiger partial charge < -0.3 is 9.88 Å². The van der Waals surface area contributed by atoms with Crippen molar-refractivity contribution in [2.24, 2.45) is 0 Å². The van der Waals surface area contributed by atoms with Crippen LogP contribution in [-0.4, -0.2) is 40.6 Å². The van der Waals surface area contributed by atoms with Gasteiger partial charge >= 0.3 is 0 Å². The smallest absolute Gasteiger partial charge is 0.124 e. The summed E-state index contributed by atoms with van der Waals surface area (Å²) in [7, 11) is 2.07. The van der Waals surface area contributed by atoms with E-state index in [9.17, 15) is 0 Å². The third kappa shape index (κ3) is 3.62. The first-order valence-electron chi connectivity index (χ1n) is 8.15. The van der Waals surface area contributed by atoms with Crippen LogP contribution in [0.1, 0.15) is 32.0 Å². The van der Waals surface area contributed by atoms with Crippen molar-refractivity contribution < 1.29 is 0 Å². The number of imidazole rings is 1. The largest absolute Gasteiger partial charge is 0.327 e. The van der Waals surface area contributed by atoms with Gasteiger partial charge in [-0.3, -0.25) is 4.90 Å². The number of nitrogens with zero attached hydrogens (tertiary/aromatic N) is 3. The van der Waals surface area contributed by atoms with Crippen LogP contribution in [0.5, 0.6) is 0 Å². The molecule has 0 aliphatic carbocycles. The molecule has 0 bridgehead atoms. The Hall–Kier alpha value is -1.10. The summed E-state index contributed by atoms with van der Waals surface area (Å²) in [6.45, 7) is 6.57. The van der Waals surface area contributed by atoms with Crippen LogP contribution in [0.15, 0.2) is 24.3 Å². The molecule has 1 fully saturated rings. The van der Waals surface area contributed by atoms with Crippen molar-refractivity contribution in [3.63, 3.8) is 0 Å². The molecule has 122 valence electrons. The Morgan fingerprint density at radius 2 is 2.14 bits per heavy atom. The van der Waals surface area contributed by atoms with Gasteiger partial charge in [-0.25, -0.2) is 4.98 Å². The molecule has 2 aromatic rings. The van der Waals surface area contributed by atoms with E-state index in [2.05, 4.69) is 53.0 Å². The fourth-order valence-electron chi connectivity index (χ4n) is 3.35. The number of hydrogen-bond acceptors (Lipinski definition) is 3. The number of hydrogen-bond donors (Lipinski definition) is 1. The maximum Gasteiger partial charge on any atom is 0.124 e. The molecule has 4 nitrogen and oxygen atoms in total. The van der Waals surface area contributed by atoms with Gasteiger partial charge in [-0.1, -0.05) is 19.1 Å². The molecule has 0 radical (unpaired) electrons. The van der Waals surface area contributed by atoms with Crippen molar-refractivity contribution in [1.29, 1.82) is 0 Å². The maximum absolute atomic E-state index is 4.88. The zero-order chi connectivity index (χ0) is 14.7. The minimum Gasteiger partial charge on any atom is -0.327 e. The van der Waals surface area contributed by atoms with Crippen LogP contribution in [-0.2, 0) is 13.1 Å². The Morgan fingerprint density at radius 3 is 2.91 bits per heavy atom. The number of nitrogens with one attached hydrogen (secondary N) is 1. The van der Waals surface area contributed by atoms with Crippen LogP contribution in [0.3, 0.4) is 0 Å². The molecule has 0 saturated carbocycles. The molecular weight excluding hydrogens is 296 g/mol. The molecule has 0 spiro atoms. The molecule has 1 unspecified atom stereocenters. The zero-order valence-corrected chi connectivity index (χ0v) is 14.4. The molecule has 1 N–H and O–H groups in total. The van der Waals surface area contributed by atoms with Gasteiger partial charge in [-0.2, -0.15) is 0 Å². The van der Waals surface area contributed by atoms with Crippen molar-refractivity contribution in [3.05, 3.63) is 30.1 Å². The van der Waals surface area contributed by atoms with Gasteiger partial charge in [0.15, 0.2) is 0 Å². The predicted molar refractivity (Wildman–Crippen MR) is 94.6 cm³/mol. The molecule has 1 aliphatic heterocycles. The Kier molecular flexibility index (Phi) is 6.24. The van der Waals surface area contributed by atoms with E-state index in [0.29, 0.717) is 6.04 Å². The number of likely N-dealkylation sites (tertiary alicyclic amines) is 1. The van der Waals surface area contributed by atoms with E-state index < -0.39 is 0 Å². The van der Waals surface area contributed by atoms with Gasteiger partial charge in [-0.15, -0.1) is 12.4 Å². The summed E-state index contributed by atoms with van der Waals surface area (Å²) in [6, 6.07) is 9.12. The number of rotatable bonds is 5. The molecule has 0 amide bonds. The molecule has 5 heteroatoms. The van der Waals surface area contributed by atoms with Gasteiger partial charge in [0.25, 0.3) is 0 Å². The summed E-state index contributed by atoms with van der Waals surface area (Å²) in [4.78, 5) is 7.42. The van der Waals surface area contributed by atoms with Gasteiger partial charge in [0.1, 0.15) is 5.82 Å². The van der Waals surface area contributed by atoms with Crippen LogP contribution < -0.4 is 5.32 Å². The molecule has 1 aliphatic rings. The van der Waals surface area contributed by atoms with Crippen molar-refractivity contribution in [2.45, 2.75) is 45.3 Å². The second-order valence-corrected chi connectivity index (χ2v) is 6.03. The van der Waals surface area contributed by atoms with Crippen LogP contribution in [0.2, 0.25) is 0 Å². The molecule has 2 heterocycles. The number of aryl methyl sites for hydroxylation is 1. The van der Waals surface area contributed by atoms with E-state index in [1.54, 1.807) is 0 Å². The highest BCUT2D eigenvalue weighted by Crippen LogP contribution is 2.19. The summed E-state index contributed by atoms with van der Waals surface area (Å²) in [6.07, 6.45) is 3.71. The van der Waals surface area contributed by atoms with E-state index in [1.807, 2.05) is 0 Å². The number of aromatic nitrogens is 2. The van der Waals surface area contributed by atoms with Crippen molar-refractivity contribution in [1.82, 2.24) is 19.8 Å². The van der Waals surface area contributed by atoms with Gasteiger partial charge in [0, 0.05) is 19.1 Å². The van der Waals surface area contributed by atoms with Gasteiger partial charge in [-0.05, 0) is 45.0 Å². The lowest BCUT2D eigenvalue weighted by Gasteiger charge is -2.32. The van der Waals surface area contributed by atoms with Gasteiger partial charge in [0.05, 0.1) is 17.6 Å². The first-order valence-corrected chi connectivity index (χ1v) is 8.15. The maximum atomic E-state index is 4.88. The lowest BCUT2D eigenvalue weighted by molar-refractivity contribution is 0.182. The second-order valence-electron chi connectivity index (χ2n) is 6.03. The Morgan fingerprint density at radius 1 is 1.32 bits per heavy atom. The van der Waals surface area contributed by atoms with Crippen LogP contribution in [0.4, 0.5) is 0 Å². The summed E-state index contributed by atoms with van der Waals surface area (Å²) in [5.74, 6) is 1.22. The molecule has 1 saturated heterocycles. The Bertz CT molecular complexity index is 595.